The highest BCUT2D eigenvalue weighted by molar-refractivity contribution is 7.07. The summed E-state index contributed by atoms with van der Waals surface area (Å²) >= 11 is 1.18. The Bertz CT molecular complexity index is 1080. The average Bonchev–Trinajstić information content (AvgIpc) is 3.04. The van der Waals surface area contributed by atoms with Gasteiger partial charge in [0.2, 0.25) is 5.91 Å². The van der Waals surface area contributed by atoms with Gasteiger partial charge >= 0.3 is 4.87 Å². The average molecular weight is 413 g/mol. The first kappa shape index (κ1) is 19.5. The molecule has 152 valence electrons. The second kappa shape index (κ2) is 8.30. The molecule has 1 fully saturated rings. The molecular formula is C20H24N6O2S. The third kappa shape index (κ3) is 4.30. The van der Waals surface area contributed by atoms with Crippen LogP contribution in [0.15, 0.2) is 34.4 Å². The van der Waals surface area contributed by atoms with Crippen molar-refractivity contribution in [1.82, 2.24) is 24.3 Å². The summed E-state index contributed by atoms with van der Waals surface area (Å²) in [5, 5.41) is 2.69. The summed E-state index contributed by atoms with van der Waals surface area (Å²) in [4.78, 5) is 37.5. The molecule has 0 spiro atoms. The molecule has 0 bridgehead atoms. The lowest BCUT2D eigenvalue weighted by molar-refractivity contribution is -0.133. The van der Waals surface area contributed by atoms with Crippen molar-refractivity contribution < 1.29 is 4.79 Å². The summed E-state index contributed by atoms with van der Waals surface area (Å²) in [5.74, 6) is 1.29. The summed E-state index contributed by atoms with van der Waals surface area (Å²) in [6.45, 7) is 5.80. The van der Waals surface area contributed by atoms with Gasteiger partial charge in [-0.2, -0.15) is 0 Å². The maximum atomic E-state index is 12.5. The molecule has 3 heterocycles. The fraction of sp³-hybridized carbons (Fsp3) is 0.400. The van der Waals surface area contributed by atoms with Gasteiger partial charge in [0.25, 0.3) is 0 Å². The Kier molecular flexibility index (Phi) is 5.59. The molecule has 1 aromatic carbocycles. The molecule has 8 nitrogen and oxygen atoms in total. The number of aromatic nitrogens is 3. The maximum Gasteiger partial charge on any atom is 0.307 e. The minimum Gasteiger partial charge on any atom is -0.383 e. The Labute approximate surface area is 172 Å². The molecule has 4 rings (SSSR count). The first-order valence-corrected chi connectivity index (χ1v) is 10.6. The van der Waals surface area contributed by atoms with Crippen molar-refractivity contribution >= 4 is 34.0 Å². The van der Waals surface area contributed by atoms with Crippen LogP contribution in [0.1, 0.15) is 17.9 Å². The lowest BCUT2D eigenvalue weighted by Crippen LogP contribution is -2.48. The maximum absolute atomic E-state index is 12.5. The van der Waals surface area contributed by atoms with E-state index in [2.05, 4.69) is 14.9 Å². The number of hydrogen-bond donors (Lipinski definition) is 1. The molecule has 2 N–H and O–H groups in total. The van der Waals surface area contributed by atoms with Gasteiger partial charge in [-0.3, -0.25) is 14.5 Å². The van der Waals surface area contributed by atoms with Crippen LogP contribution in [-0.2, 0) is 17.9 Å². The van der Waals surface area contributed by atoms with Crippen LogP contribution in [0, 0.1) is 6.92 Å². The third-order valence-corrected chi connectivity index (χ3v) is 6.18. The van der Waals surface area contributed by atoms with Crippen LogP contribution in [0.2, 0.25) is 0 Å². The summed E-state index contributed by atoms with van der Waals surface area (Å²) in [5.41, 5.74) is 7.83. The molecule has 0 atom stereocenters. The zero-order valence-corrected chi connectivity index (χ0v) is 17.2. The van der Waals surface area contributed by atoms with Crippen molar-refractivity contribution in [3.05, 3.63) is 50.8 Å². The predicted molar refractivity (Wildman–Crippen MR) is 114 cm³/mol. The number of hydrogen-bond acceptors (Lipinski definition) is 7. The number of thiazole rings is 1. The molecular weight excluding hydrogens is 388 g/mol. The molecule has 9 heteroatoms. The van der Waals surface area contributed by atoms with Crippen LogP contribution in [0.25, 0.3) is 10.9 Å². The van der Waals surface area contributed by atoms with Gasteiger partial charge in [0.05, 0.1) is 12.1 Å². The van der Waals surface area contributed by atoms with E-state index in [4.69, 9.17) is 5.73 Å². The normalized spacial score (nSPS) is 15.1. The van der Waals surface area contributed by atoms with Gasteiger partial charge in [0.1, 0.15) is 11.6 Å². The van der Waals surface area contributed by atoms with Crippen molar-refractivity contribution in [1.29, 1.82) is 0 Å². The Morgan fingerprint density at radius 1 is 1.17 bits per heavy atom. The molecule has 2 aromatic heterocycles. The molecule has 29 heavy (non-hydrogen) atoms. The van der Waals surface area contributed by atoms with Gasteiger partial charge in [-0.1, -0.05) is 23.5 Å². The molecule has 1 aliphatic heterocycles. The van der Waals surface area contributed by atoms with E-state index < -0.39 is 0 Å². The van der Waals surface area contributed by atoms with Gasteiger partial charge in [-0.05, 0) is 19.1 Å². The zero-order valence-electron chi connectivity index (χ0n) is 16.4. The lowest BCUT2D eigenvalue weighted by Gasteiger charge is -2.34. The minimum absolute atomic E-state index is 0.00484. The van der Waals surface area contributed by atoms with Crippen LogP contribution in [0.5, 0.6) is 0 Å². The van der Waals surface area contributed by atoms with Crippen molar-refractivity contribution in [3.8, 4) is 0 Å². The summed E-state index contributed by atoms with van der Waals surface area (Å²) in [6, 6.07) is 7.72. The Hall–Kier alpha value is -2.78. The molecule has 0 saturated carbocycles. The van der Waals surface area contributed by atoms with Crippen molar-refractivity contribution in [2.24, 2.45) is 0 Å². The number of para-hydroxylation sites is 1. The highest BCUT2D eigenvalue weighted by Gasteiger charge is 2.22. The van der Waals surface area contributed by atoms with Gasteiger partial charge in [-0.15, -0.1) is 0 Å². The number of anilines is 1. The molecule has 0 unspecified atom stereocenters. The minimum atomic E-state index is -0.00484. The summed E-state index contributed by atoms with van der Waals surface area (Å²) < 4.78 is 1.67. The van der Waals surface area contributed by atoms with E-state index in [1.54, 1.807) is 4.57 Å². The van der Waals surface area contributed by atoms with Gasteiger partial charge in [0.15, 0.2) is 0 Å². The van der Waals surface area contributed by atoms with Crippen LogP contribution >= 0.6 is 11.3 Å². The largest absolute Gasteiger partial charge is 0.383 e. The van der Waals surface area contributed by atoms with Crippen LogP contribution in [-0.4, -0.2) is 56.4 Å². The fourth-order valence-corrected chi connectivity index (χ4v) is 4.38. The first-order valence-electron chi connectivity index (χ1n) is 9.67. The first-order chi connectivity index (χ1) is 14.0. The standard InChI is InChI=1S/C20H24N6O2S/c1-14-13-29-20(28)26(14)7-6-18(27)25-10-8-24(9-11-25)12-17-22-16-5-3-2-4-15(16)19(21)23-17/h2-5,13H,6-12H2,1H3,(H2,21,22,23). The van der Waals surface area contributed by atoms with E-state index in [0.717, 1.165) is 29.7 Å². The number of nitrogens with zero attached hydrogens (tertiary/aromatic N) is 5. The summed E-state index contributed by atoms with van der Waals surface area (Å²) in [7, 11) is 0. The number of benzene rings is 1. The van der Waals surface area contributed by atoms with Crippen LogP contribution in [0.3, 0.4) is 0 Å². The van der Waals surface area contributed by atoms with Crippen molar-refractivity contribution in [3.63, 3.8) is 0 Å². The molecule has 1 aliphatic rings. The van der Waals surface area contributed by atoms with E-state index in [9.17, 15) is 9.59 Å². The van der Waals surface area contributed by atoms with Crippen molar-refractivity contribution in [2.75, 3.05) is 31.9 Å². The van der Waals surface area contributed by atoms with Gasteiger partial charge < -0.3 is 15.2 Å². The molecule has 1 amide bonds. The molecule has 0 aliphatic carbocycles. The SMILES string of the molecule is Cc1csc(=O)n1CCC(=O)N1CCN(Cc2nc(N)c3ccccc3n2)CC1. The number of nitrogen functional groups attached to an aromatic ring is 1. The number of carbonyl (C=O) groups is 1. The number of rotatable bonds is 5. The number of fused-ring (bicyclic) bond motifs is 1. The lowest BCUT2D eigenvalue weighted by atomic mass is 10.2. The molecule has 0 radical (unpaired) electrons. The fourth-order valence-electron chi connectivity index (χ4n) is 3.62. The molecule has 3 aromatic rings. The van der Waals surface area contributed by atoms with Gasteiger partial charge in [0, 0.05) is 55.6 Å². The van der Waals surface area contributed by atoms with E-state index in [1.807, 2.05) is 41.5 Å². The Morgan fingerprint density at radius 2 is 1.93 bits per heavy atom. The van der Waals surface area contributed by atoms with E-state index in [-0.39, 0.29) is 10.8 Å². The van der Waals surface area contributed by atoms with E-state index in [1.165, 1.54) is 11.3 Å². The number of nitrogens with two attached hydrogens (primary N) is 1. The second-order valence-electron chi connectivity index (χ2n) is 7.24. The number of amides is 1. The number of carbonyl (C=O) groups excluding carboxylic acids is 1. The third-order valence-electron chi connectivity index (χ3n) is 5.29. The topological polar surface area (TPSA) is 97.4 Å². The molecule has 1 saturated heterocycles. The van der Waals surface area contributed by atoms with Gasteiger partial charge in [-0.25, -0.2) is 9.97 Å². The van der Waals surface area contributed by atoms with Crippen LogP contribution < -0.4 is 10.6 Å². The number of piperazine rings is 1. The van der Waals surface area contributed by atoms with Crippen LogP contribution in [0.4, 0.5) is 5.82 Å². The van der Waals surface area contributed by atoms with E-state index >= 15 is 0 Å². The smallest absolute Gasteiger partial charge is 0.307 e. The Balaban J connectivity index is 1.31. The second-order valence-corrected chi connectivity index (χ2v) is 8.06. The highest BCUT2D eigenvalue weighted by atomic mass is 32.1. The zero-order chi connectivity index (χ0) is 20.4. The highest BCUT2D eigenvalue weighted by Crippen LogP contribution is 2.18. The Morgan fingerprint density at radius 3 is 2.66 bits per heavy atom. The van der Waals surface area contributed by atoms with E-state index in [0.29, 0.717) is 44.2 Å². The predicted octanol–water partition coefficient (Wildman–Crippen LogP) is 1.48. The number of aryl methyl sites for hydroxylation is 1. The quantitative estimate of drug-likeness (QED) is 0.682. The monoisotopic (exact) mass is 412 g/mol. The van der Waals surface area contributed by atoms with Crippen molar-refractivity contribution in [2.45, 2.75) is 26.4 Å². The summed E-state index contributed by atoms with van der Waals surface area (Å²) in [6.07, 6.45) is 0.349.